The molecule has 0 radical (unpaired) electrons. The van der Waals surface area contributed by atoms with Gasteiger partial charge in [0.25, 0.3) is 5.91 Å². The molecule has 8 heteroatoms. The van der Waals surface area contributed by atoms with Gasteiger partial charge in [0, 0.05) is 13.2 Å². The van der Waals surface area contributed by atoms with Crippen molar-refractivity contribution in [1.29, 1.82) is 0 Å². The minimum atomic E-state index is -3.48. The largest absolute Gasteiger partial charge is 0.466 e. The quantitative estimate of drug-likeness (QED) is 0.490. The summed E-state index contributed by atoms with van der Waals surface area (Å²) in [6, 6.07) is 0. The molecule has 96 valence electrons. The Morgan fingerprint density at radius 3 is 2.53 bits per heavy atom. The predicted octanol–water partition coefficient (Wildman–Crippen LogP) is -0.646. The van der Waals surface area contributed by atoms with Gasteiger partial charge in [-0.2, -0.15) is 0 Å². The summed E-state index contributed by atoms with van der Waals surface area (Å²) in [6.07, 6.45) is 2.11. The fourth-order valence-corrected chi connectivity index (χ4v) is 1.29. The molecule has 0 unspecified atom stereocenters. The van der Waals surface area contributed by atoms with Crippen LogP contribution in [0.4, 0.5) is 0 Å². The van der Waals surface area contributed by atoms with E-state index >= 15 is 0 Å². The lowest BCUT2D eigenvalue weighted by atomic mass is 10.5. The number of amides is 1. The fraction of sp³-hybridized carbons (Fsp3) is 0.333. The molecule has 0 aliphatic heterocycles. The third-order valence-corrected chi connectivity index (χ3v) is 2.01. The van der Waals surface area contributed by atoms with Crippen molar-refractivity contribution in [1.82, 2.24) is 10.0 Å². The van der Waals surface area contributed by atoms with E-state index < -0.39 is 10.0 Å². The molecule has 0 aromatic rings. The van der Waals surface area contributed by atoms with Crippen molar-refractivity contribution in [3.8, 4) is 0 Å². The van der Waals surface area contributed by atoms with Crippen LogP contribution >= 0.6 is 0 Å². The van der Waals surface area contributed by atoms with Gasteiger partial charge in [-0.25, -0.2) is 13.4 Å². The Balaban J connectivity index is 4.65. The van der Waals surface area contributed by atoms with Gasteiger partial charge in [-0.05, 0) is 0 Å². The summed E-state index contributed by atoms with van der Waals surface area (Å²) in [7, 11) is -2.03. The minimum Gasteiger partial charge on any atom is -0.466 e. The topological polar surface area (TPSA) is 96.9 Å². The highest BCUT2D eigenvalue weighted by atomic mass is 32.2. The molecule has 0 aromatic heterocycles. The second kappa shape index (κ2) is 6.69. The Morgan fingerprint density at radius 1 is 1.53 bits per heavy atom. The van der Waals surface area contributed by atoms with Gasteiger partial charge in [0.1, 0.15) is 5.70 Å². The first-order valence-electron chi connectivity index (χ1n) is 4.49. The Labute approximate surface area is 100 Å². The zero-order chi connectivity index (χ0) is 13.5. The SMILES string of the molecule is C=C/N=C(/OCC(=O)NC)C(=C)NS(C)(=O)=O. The number of hydrogen-bond acceptors (Lipinski definition) is 5. The summed E-state index contributed by atoms with van der Waals surface area (Å²) in [6.45, 7) is 6.48. The van der Waals surface area contributed by atoms with Crippen molar-refractivity contribution in [3.63, 3.8) is 0 Å². The number of ether oxygens (including phenoxy) is 1. The first-order chi connectivity index (χ1) is 7.80. The molecule has 0 spiro atoms. The third kappa shape index (κ3) is 7.12. The van der Waals surface area contributed by atoms with Crippen molar-refractivity contribution in [2.75, 3.05) is 19.9 Å². The Morgan fingerprint density at radius 2 is 2.12 bits per heavy atom. The molecule has 0 heterocycles. The summed E-state index contributed by atoms with van der Waals surface area (Å²) in [5.41, 5.74) is -0.0729. The van der Waals surface area contributed by atoms with Crippen molar-refractivity contribution >= 4 is 21.8 Å². The van der Waals surface area contributed by atoms with Gasteiger partial charge in [0.2, 0.25) is 15.9 Å². The molecule has 2 N–H and O–H groups in total. The van der Waals surface area contributed by atoms with Crippen LogP contribution in [0.1, 0.15) is 0 Å². The highest BCUT2D eigenvalue weighted by Gasteiger charge is 2.12. The molecule has 0 aliphatic rings. The summed E-state index contributed by atoms with van der Waals surface area (Å²) < 4.78 is 29.0. The lowest BCUT2D eigenvalue weighted by molar-refractivity contribution is -0.122. The van der Waals surface area contributed by atoms with Crippen LogP contribution in [-0.2, 0) is 19.6 Å². The Kier molecular flexibility index (Phi) is 5.97. The van der Waals surface area contributed by atoms with E-state index in [1.807, 2.05) is 0 Å². The molecule has 0 saturated heterocycles. The van der Waals surface area contributed by atoms with E-state index in [0.29, 0.717) is 0 Å². The standard InChI is InChI=1S/C9H15N3O4S/c1-5-11-9(16-6-8(13)10-3)7(2)12-17(4,14)15/h5,12H,1-2,6H2,3-4H3,(H,10,13)/b11-9+. The number of nitrogens with one attached hydrogen (secondary N) is 2. The van der Waals surface area contributed by atoms with Crippen LogP contribution in [0.5, 0.6) is 0 Å². The molecule has 0 saturated carbocycles. The number of nitrogens with zero attached hydrogens (tertiary/aromatic N) is 1. The first-order valence-corrected chi connectivity index (χ1v) is 6.38. The van der Waals surface area contributed by atoms with Crippen LogP contribution < -0.4 is 10.0 Å². The molecule has 0 fully saturated rings. The number of likely N-dealkylation sites (N-methyl/N-ethyl adjacent to an activating group) is 1. The van der Waals surface area contributed by atoms with Gasteiger partial charge in [-0.15, -0.1) is 0 Å². The van der Waals surface area contributed by atoms with Crippen molar-refractivity contribution in [2.24, 2.45) is 4.99 Å². The van der Waals surface area contributed by atoms with Crippen LogP contribution in [0.15, 0.2) is 30.0 Å². The smallest absolute Gasteiger partial charge is 0.257 e. The van der Waals surface area contributed by atoms with Gasteiger partial charge < -0.3 is 10.1 Å². The maximum Gasteiger partial charge on any atom is 0.257 e. The molecule has 1 amide bonds. The molecule has 0 rings (SSSR count). The van der Waals surface area contributed by atoms with Gasteiger partial charge in [-0.3, -0.25) is 9.52 Å². The highest BCUT2D eigenvalue weighted by Crippen LogP contribution is 1.97. The van der Waals surface area contributed by atoms with Gasteiger partial charge >= 0.3 is 0 Å². The number of carbonyl (C=O) groups is 1. The molecular formula is C9H15N3O4S. The second-order valence-electron chi connectivity index (χ2n) is 2.93. The maximum absolute atomic E-state index is 11.0. The number of rotatable bonds is 6. The zero-order valence-corrected chi connectivity index (χ0v) is 10.5. The van der Waals surface area contributed by atoms with E-state index in [0.717, 1.165) is 12.5 Å². The van der Waals surface area contributed by atoms with Crippen LogP contribution in [-0.4, -0.2) is 40.1 Å². The summed E-state index contributed by atoms with van der Waals surface area (Å²) in [5.74, 6) is -0.497. The van der Waals surface area contributed by atoms with Crippen LogP contribution in [0.2, 0.25) is 0 Å². The normalized spacial score (nSPS) is 11.5. The minimum absolute atomic E-state index is 0.0729. The van der Waals surface area contributed by atoms with E-state index in [1.54, 1.807) is 0 Å². The number of sulfonamides is 1. The van der Waals surface area contributed by atoms with E-state index in [1.165, 1.54) is 7.05 Å². The maximum atomic E-state index is 11.0. The average Bonchev–Trinajstić information content (AvgIpc) is 2.20. The van der Waals surface area contributed by atoms with E-state index in [9.17, 15) is 13.2 Å². The summed E-state index contributed by atoms with van der Waals surface area (Å²) in [4.78, 5) is 14.6. The van der Waals surface area contributed by atoms with Gasteiger partial charge in [0.15, 0.2) is 6.61 Å². The second-order valence-corrected chi connectivity index (χ2v) is 4.68. The van der Waals surface area contributed by atoms with E-state index in [2.05, 4.69) is 28.2 Å². The van der Waals surface area contributed by atoms with Crippen LogP contribution in [0.25, 0.3) is 0 Å². The van der Waals surface area contributed by atoms with Crippen molar-refractivity contribution < 1.29 is 17.9 Å². The Bertz CT molecular complexity index is 439. The van der Waals surface area contributed by atoms with Crippen LogP contribution in [0.3, 0.4) is 0 Å². The number of hydrogen-bond donors (Lipinski definition) is 2. The summed E-state index contributed by atoms with van der Waals surface area (Å²) >= 11 is 0. The van der Waals surface area contributed by atoms with E-state index in [4.69, 9.17) is 4.74 Å². The molecule has 7 nitrogen and oxygen atoms in total. The molecule has 0 bridgehead atoms. The van der Waals surface area contributed by atoms with E-state index in [-0.39, 0.29) is 24.1 Å². The number of aliphatic imine (C=N–C) groups is 1. The van der Waals surface area contributed by atoms with Crippen molar-refractivity contribution in [3.05, 3.63) is 25.1 Å². The highest BCUT2D eigenvalue weighted by molar-refractivity contribution is 7.88. The monoisotopic (exact) mass is 261 g/mol. The predicted molar refractivity (Wildman–Crippen MR) is 64.8 cm³/mol. The van der Waals surface area contributed by atoms with Gasteiger partial charge in [-0.1, -0.05) is 13.2 Å². The van der Waals surface area contributed by atoms with Crippen molar-refractivity contribution in [2.45, 2.75) is 0 Å². The lowest BCUT2D eigenvalue weighted by Crippen LogP contribution is -2.30. The molecule has 17 heavy (non-hydrogen) atoms. The number of carbonyl (C=O) groups excluding carboxylic acids is 1. The fourth-order valence-electron chi connectivity index (χ4n) is 0.759. The average molecular weight is 261 g/mol. The molecule has 0 atom stereocenters. The van der Waals surface area contributed by atoms with Crippen LogP contribution in [0, 0.1) is 0 Å². The zero-order valence-electron chi connectivity index (χ0n) is 9.69. The third-order valence-electron chi connectivity index (χ3n) is 1.39. The Hall–Kier alpha value is -1.83. The molecule has 0 aromatic carbocycles. The first kappa shape index (κ1) is 15.2. The van der Waals surface area contributed by atoms with Gasteiger partial charge in [0.05, 0.1) is 6.26 Å². The summed E-state index contributed by atoms with van der Waals surface area (Å²) in [5, 5.41) is 2.34. The molecule has 0 aliphatic carbocycles. The lowest BCUT2D eigenvalue weighted by Gasteiger charge is -2.11. The molecular weight excluding hydrogens is 246 g/mol.